The van der Waals surface area contributed by atoms with Crippen LogP contribution in [0.4, 0.5) is 17.8 Å². The van der Waals surface area contributed by atoms with Gasteiger partial charge in [0.15, 0.2) is 0 Å². The molecule has 1 aromatic heterocycles. The van der Waals surface area contributed by atoms with Crippen molar-refractivity contribution in [3.8, 4) is 0 Å². The van der Waals surface area contributed by atoms with Crippen molar-refractivity contribution in [2.45, 2.75) is 0 Å². The third-order valence-corrected chi connectivity index (χ3v) is 0.687. The number of anilines is 3. The van der Waals surface area contributed by atoms with E-state index in [9.17, 15) is 0 Å². The largest absolute Gasteiger partial charge is 0.368 e. The van der Waals surface area contributed by atoms with E-state index in [4.69, 9.17) is 31.9 Å². The fourth-order valence-corrected chi connectivity index (χ4v) is 0.427. The van der Waals surface area contributed by atoms with E-state index in [0.29, 0.717) is 0 Å². The van der Waals surface area contributed by atoms with E-state index in [1.807, 2.05) is 0 Å². The van der Waals surface area contributed by atoms with Gasteiger partial charge in [0.25, 0.3) is 0 Å². The van der Waals surface area contributed by atoms with Crippen LogP contribution in [0.5, 0.6) is 0 Å². The van der Waals surface area contributed by atoms with Crippen LogP contribution in [0.25, 0.3) is 0 Å². The average molecular weight is 238 g/mol. The van der Waals surface area contributed by atoms with E-state index < -0.39 is 7.28 Å². The molecule has 0 aliphatic carbocycles. The molecule has 0 aromatic carbocycles. The monoisotopic (exact) mass is 238 g/mol. The molecule has 1 heterocycles. The fourth-order valence-electron chi connectivity index (χ4n) is 0.427. The van der Waals surface area contributed by atoms with Crippen LogP contribution in [0.2, 0.25) is 0 Å². The zero-order chi connectivity index (χ0) is 12.3. The summed E-state index contributed by atoms with van der Waals surface area (Å²) in [5.41, 5.74) is 15.4. The fraction of sp³-hybridized carbons (Fsp3) is 0.400. The van der Waals surface area contributed by atoms with Crippen molar-refractivity contribution >= 4 is 25.1 Å². The van der Waals surface area contributed by atoms with Crippen molar-refractivity contribution in [2.75, 3.05) is 30.5 Å². The predicted molar refractivity (Wildman–Crippen MR) is 58.5 cm³/mol. The zero-order valence-electron chi connectivity index (χ0n) is 8.36. The normalized spacial score (nSPS) is 13.3. The molecule has 10 heteroatoms. The Balaban J connectivity index is 0.000000288. The smallest absolute Gasteiger partial charge is 0.226 e. The average Bonchev–Trinajstić information content (AvgIpc) is 1.74. The van der Waals surface area contributed by atoms with Gasteiger partial charge in [-0.05, 0) is 0 Å². The van der Waals surface area contributed by atoms with Crippen LogP contribution in [-0.4, -0.2) is 43.0 Å². The molecule has 1 rings (SSSR count). The van der Waals surface area contributed by atoms with Crippen LogP contribution in [0.3, 0.4) is 0 Å². The predicted octanol–water partition coefficient (Wildman–Crippen LogP) is -1.86. The number of nitrogens with zero attached hydrogens (tertiary/aromatic N) is 3. The van der Waals surface area contributed by atoms with Crippen molar-refractivity contribution in [1.29, 1.82) is 0 Å². The summed E-state index contributed by atoms with van der Waals surface area (Å²) >= 11 is 0. The minimum Gasteiger partial charge on any atom is -0.368 e. The molecule has 0 saturated carbocycles. The molecule has 9 N–H and O–H groups in total. The first kappa shape index (κ1) is 13.7. The Morgan fingerprint density at radius 1 is 0.800 bits per heavy atom. The summed E-state index contributed by atoms with van der Waals surface area (Å²) in [6.07, 6.45) is 0. The Labute approximate surface area is 86.2 Å². The van der Waals surface area contributed by atoms with Crippen LogP contribution < -0.4 is 17.2 Å². The molecule has 15 heavy (non-hydrogen) atoms. The van der Waals surface area contributed by atoms with Gasteiger partial charge in [-0.1, -0.05) is 0 Å². The van der Waals surface area contributed by atoms with Crippen molar-refractivity contribution in [3.63, 3.8) is 0 Å². The summed E-state index contributed by atoms with van der Waals surface area (Å²) < 4.78 is 0. The summed E-state index contributed by atoms with van der Waals surface area (Å²) in [4.78, 5) is 35.1. The molecule has 0 aliphatic heterocycles. The quantitative estimate of drug-likeness (QED) is 0.283. The maximum absolute atomic E-state index is 8.23. The molecule has 0 atom stereocenters. The SMILES string of the molecule is CP(C)(O)(O)O.Nc1nc(N)nc(N)n1. The second kappa shape index (κ2) is 4.07. The molecular weight excluding hydrogens is 223 g/mol. The Kier molecular flexibility index (Phi) is 3.72. The third kappa shape index (κ3) is 12.7. The Bertz CT molecular complexity index is 281. The van der Waals surface area contributed by atoms with Crippen LogP contribution in [0.1, 0.15) is 0 Å². The van der Waals surface area contributed by atoms with Gasteiger partial charge in [-0.25, -0.2) is 0 Å². The summed E-state index contributed by atoms with van der Waals surface area (Å²) in [7, 11) is -4.05. The van der Waals surface area contributed by atoms with Gasteiger partial charge in [-0.3, -0.25) is 0 Å². The van der Waals surface area contributed by atoms with Crippen molar-refractivity contribution in [3.05, 3.63) is 0 Å². The molecule has 1 aromatic rings. The first-order valence-corrected chi connectivity index (χ1v) is 6.69. The summed E-state index contributed by atoms with van der Waals surface area (Å²) in [6.45, 7) is 2.01. The molecule has 0 radical (unpaired) electrons. The standard InChI is InChI=1S/C3H6N6.C2H9O3P/c4-1-7-2(5)9-3(6)8-1;1-6(2,3,4)5/h(H6,4,5,6,7,8,9);3-5H,1-2H3. The van der Waals surface area contributed by atoms with Crippen molar-refractivity contribution < 1.29 is 14.7 Å². The van der Waals surface area contributed by atoms with Gasteiger partial charge >= 0.3 is 35.3 Å². The Morgan fingerprint density at radius 2 is 0.933 bits per heavy atom. The second-order valence-electron chi connectivity index (χ2n) is 3.33. The second-order valence-corrected chi connectivity index (χ2v) is 7.16. The molecule has 0 aliphatic rings. The minimum atomic E-state index is -4.05. The molecule has 88 valence electrons. The molecule has 0 bridgehead atoms. The van der Waals surface area contributed by atoms with E-state index in [1.165, 1.54) is 0 Å². The molecule has 9 nitrogen and oxygen atoms in total. The minimum absolute atomic E-state index is 0.0417. The maximum Gasteiger partial charge on any atom is 0.226 e. The van der Waals surface area contributed by atoms with Crippen LogP contribution in [0.15, 0.2) is 0 Å². The van der Waals surface area contributed by atoms with Gasteiger partial charge in [0, 0.05) is 0 Å². The number of nitrogens with two attached hydrogens (primary N) is 3. The molecule has 0 amide bonds. The number of aromatic nitrogens is 3. The molecule has 0 fully saturated rings. The van der Waals surface area contributed by atoms with Gasteiger partial charge in [0.2, 0.25) is 17.8 Å². The maximum atomic E-state index is 8.23. The van der Waals surface area contributed by atoms with Gasteiger partial charge in [-0.15, -0.1) is 0 Å². The summed E-state index contributed by atoms with van der Waals surface area (Å²) in [6, 6.07) is 0. The summed E-state index contributed by atoms with van der Waals surface area (Å²) in [5, 5.41) is 0. The zero-order valence-corrected chi connectivity index (χ0v) is 9.26. The molecule has 0 spiro atoms. The molecule has 0 saturated heterocycles. The van der Waals surface area contributed by atoms with E-state index in [2.05, 4.69) is 15.0 Å². The van der Waals surface area contributed by atoms with E-state index >= 15 is 0 Å². The van der Waals surface area contributed by atoms with Gasteiger partial charge < -0.3 is 17.2 Å². The van der Waals surface area contributed by atoms with E-state index in [-0.39, 0.29) is 17.8 Å². The van der Waals surface area contributed by atoms with Crippen LogP contribution in [-0.2, 0) is 0 Å². The number of hydrogen-bond acceptors (Lipinski definition) is 9. The van der Waals surface area contributed by atoms with Gasteiger partial charge in [0.1, 0.15) is 0 Å². The van der Waals surface area contributed by atoms with Crippen molar-refractivity contribution in [2.24, 2.45) is 0 Å². The third-order valence-electron chi connectivity index (χ3n) is 0.687. The topological polar surface area (TPSA) is 177 Å². The molecule has 0 unspecified atom stereocenters. The van der Waals surface area contributed by atoms with Crippen LogP contribution in [0, 0.1) is 0 Å². The number of hydrogen-bond donors (Lipinski definition) is 6. The Morgan fingerprint density at radius 3 is 1.07 bits per heavy atom. The van der Waals surface area contributed by atoms with Crippen LogP contribution >= 0.6 is 7.28 Å². The van der Waals surface area contributed by atoms with Gasteiger partial charge in [0.05, 0.1) is 0 Å². The van der Waals surface area contributed by atoms with E-state index in [0.717, 1.165) is 13.3 Å². The van der Waals surface area contributed by atoms with Gasteiger partial charge in [-0.2, -0.15) is 15.0 Å². The first-order chi connectivity index (χ1) is 6.42. The Hall–Kier alpha value is -1.28. The van der Waals surface area contributed by atoms with Crippen molar-refractivity contribution in [1.82, 2.24) is 15.0 Å². The number of nitrogen functional groups attached to an aromatic ring is 3. The van der Waals surface area contributed by atoms with E-state index in [1.54, 1.807) is 0 Å². The summed E-state index contributed by atoms with van der Waals surface area (Å²) in [5.74, 6) is 0.125. The molecular formula is C5H15N6O3P. The number of rotatable bonds is 0. The first-order valence-electron chi connectivity index (χ1n) is 3.70.